The summed E-state index contributed by atoms with van der Waals surface area (Å²) in [5.41, 5.74) is -0.198. The highest BCUT2D eigenvalue weighted by Gasteiger charge is 2.42. The minimum absolute atomic E-state index is 0.0873. The van der Waals surface area contributed by atoms with Gasteiger partial charge in [0.05, 0.1) is 11.0 Å². The Morgan fingerprint density at radius 1 is 1.29 bits per heavy atom. The molecule has 21 heavy (non-hydrogen) atoms. The van der Waals surface area contributed by atoms with Crippen molar-refractivity contribution in [1.82, 2.24) is 0 Å². The largest absolute Gasteiger partial charge is 0.388 e. The molecular formula is C12H15ClN2O6. The molecule has 0 aromatic heterocycles. The fraction of sp³-hybridized carbons (Fsp3) is 0.500. The molecule has 1 saturated heterocycles. The summed E-state index contributed by atoms with van der Waals surface area (Å²) in [5.74, 6) is 0. The quantitative estimate of drug-likeness (QED) is 0.472. The first kappa shape index (κ1) is 15.9. The van der Waals surface area contributed by atoms with Crippen LogP contribution in [0.15, 0.2) is 18.2 Å². The number of hydrogen-bond acceptors (Lipinski definition) is 7. The highest BCUT2D eigenvalue weighted by Crippen LogP contribution is 2.30. The van der Waals surface area contributed by atoms with Gasteiger partial charge >= 0.3 is 0 Å². The van der Waals surface area contributed by atoms with Crippen LogP contribution in [-0.4, -0.2) is 50.9 Å². The van der Waals surface area contributed by atoms with E-state index in [1.807, 2.05) is 0 Å². The van der Waals surface area contributed by atoms with Gasteiger partial charge in [-0.25, -0.2) is 0 Å². The smallest absolute Gasteiger partial charge is 0.293 e. The van der Waals surface area contributed by atoms with E-state index < -0.39 is 35.6 Å². The van der Waals surface area contributed by atoms with Crippen molar-refractivity contribution >= 4 is 23.0 Å². The molecule has 0 bridgehead atoms. The van der Waals surface area contributed by atoms with E-state index in [2.05, 4.69) is 5.32 Å². The number of ether oxygens (including phenoxy) is 1. The molecule has 0 spiro atoms. The van der Waals surface area contributed by atoms with E-state index in [4.69, 9.17) is 16.3 Å². The number of rotatable bonds is 3. The van der Waals surface area contributed by atoms with Gasteiger partial charge in [-0.3, -0.25) is 10.1 Å². The molecular weight excluding hydrogens is 304 g/mol. The van der Waals surface area contributed by atoms with Gasteiger partial charge in [0, 0.05) is 11.1 Å². The van der Waals surface area contributed by atoms with Gasteiger partial charge in [-0.1, -0.05) is 11.6 Å². The molecule has 1 aromatic carbocycles. The molecule has 8 nitrogen and oxygen atoms in total. The number of aliphatic hydroxyl groups is 3. The predicted molar refractivity (Wildman–Crippen MR) is 74.1 cm³/mol. The second-order valence-corrected chi connectivity index (χ2v) is 5.23. The fourth-order valence-corrected chi connectivity index (χ4v) is 2.27. The summed E-state index contributed by atoms with van der Waals surface area (Å²) >= 11 is 5.71. The Hall–Kier alpha value is -1.45. The van der Waals surface area contributed by atoms with E-state index in [0.717, 1.165) is 6.07 Å². The van der Waals surface area contributed by atoms with Crippen molar-refractivity contribution in [1.29, 1.82) is 0 Å². The zero-order chi connectivity index (χ0) is 15.7. The number of hydrogen-bond donors (Lipinski definition) is 4. The number of anilines is 1. The third-order valence-electron chi connectivity index (χ3n) is 3.31. The standard InChI is InChI=1S/C12H15ClN2O6/c1-5-9(16)10(17)11(18)12(21-5)14-7-3-2-6(13)4-8(7)15(19)20/h2-5,9-12,14,16-18H,1H3/t5-,9+,10+,11+,12-/m1/s1. The zero-order valence-electron chi connectivity index (χ0n) is 11.0. The van der Waals surface area contributed by atoms with Crippen LogP contribution in [0.5, 0.6) is 0 Å². The van der Waals surface area contributed by atoms with Crippen molar-refractivity contribution in [2.24, 2.45) is 0 Å². The number of aliphatic hydroxyl groups excluding tert-OH is 3. The van der Waals surface area contributed by atoms with Crippen molar-refractivity contribution in [3.63, 3.8) is 0 Å². The van der Waals surface area contributed by atoms with E-state index in [1.54, 1.807) is 0 Å². The van der Waals surface area contributed by atoms with Crippen molar-refractivity contribution < 1.29 is 25.0 Å². The van der Waals surface area contributed by atoms with Crippen molar-refractivity contribution in [2.45, 2.75) is 37.6 Å². The molecule has 1 heterocycles. The van der Waals surface area contributed by atoms with Gasteiger partial charge in [0.25, 0.3) is 5.69 Å². The molecule has 1 aromatic rings. The van der Waals surface area contributed by atoms with Crippen LogP contribution in [0.1, 0.15) is 6.92 Å². The van der Waals surface area contributed by atoms with Gasteiger partial charge in [0.1, 0.15) is 24.0 Å². The lowest BCUT2D eigenvalue weighted by Gasteiger charge is -2.39. The first-order valence-electron chi connectivity index (χ1n) is 6.21. The van der Waals surface area contributed by atoms with E-state index in [-0.39, 0.29) is 16.4 Å². The third-order valence-corrected chi connectivity index (χ3v) is 3.54. The van der Waals surface area contributed by atoms with Gasteiger partial charge in [-0.05, 0) is 19.1 Å². The van der Waals surface area contributed by atoms with Crippen LogP contribution < -0.4 is 5.32 Å². The highest BCUT2D eigenvalue weighted by molar-refractivity contribution is 6.30. The summed E-state index contributed by atoms with van der Waals surface area (Å²) < 4.78 is 5.32. The zero-order valence-corrected chi connectivity index (χ0v) is 11.8. The van der Waals surface area contributed by atoms with Crippen molar-refractivity contribution in [3.8, 4) is 0 Å². The fourth-order valence-electron chi connectivity index (χ4n) is 2.10. The Kier molecular flexibility index (Phi) is 4.64. The Labute approximate surface area is 125 Å². The van der Waals surface area contributed by atoms with Crippen LogP contribution in [0, 0.1) is 10.1 Å². The number of benzene rings is 1. The van der Waals surface area contributed by atoms with Crippen LogP contribution in [0.2, 0.25) is 5.02 Å². The van der Waals surface area contributed by atoms with Gasteiger partial charge in [0.2, 0.25) is 0 Å². The van der Waals surface area contributed by atoms with E-state index in [1.165, 1.54) is 19.1 Å². The lowest BCUT2D eigenvalue weighted by molar-refractivity contribution is -0.384. The number of halogens is 1. The highest BCUT2D eigenvalue weighted by atomic mass is 35.5. The molecule has 9 heteroatoms. The summed E-state index contributed by atoms with van der Waals surface area (Å²) in [5, 5.41) is 43.0. The maximum Gasteiger partial charge on any atom is 0.293 e. The van der Waals surface area contributed by atoms with Crippen LogP contribution in [0.3, 0.4) is 0 Å². The molecule has 1 aliphatic rings. The average molecular weight is 319 g/mol. The van der Waals surface area contributed by atoms with Gasteiger partial charge in [-0.2, -0.15) is 0 Å². The van der Waals surface area contributed by atoms with Crippen LogP contribution in [-0.2, 0) is 4.74 Å². The van der Waals surface area contributed by atoms with Crippen LogP contribution in [0.4, 0.5) is 11.4 Å². The van der Waals surface area contributed by atoms with E-state index in [9.17, 15) is 25.4 Å². The number of nitro groups is 1. The summed E-state index contributed by atoms with van der Waals surface area (Å²) in [6.45, 7) is 1.52. The van der Waals surface area contributed by atoms with E-state index >= 15 is 0 Å². The first-order chi connectivity index (χ1) is 9.81. The first-order valence-corrected chi connectivity index (χ1v) is 6.59. The molecule has 1 fully saturated rings. The second-order valence-electron chi connectivity index (χ2n) is 4.80. The molecule has 2 rings (SSSR count). The van der Waals surface area contributed by atoms with Gasteiger partial charge < -0.3 is 25.4 Å². The normalized spacial score (nSPS) is 32.7. The molecule has 1 aliphatic heterocycles. The monoisotopic (exact) mass is 318 g/mol. The van der Waals surface area contributed by atoms with Gasteiger partial charge in [-0.15, -0.1) is 0 Å². The maximum absolute atomic E-state index is 11.0. The average Bonchev–Trinajstić information content (AvgIpc) is 2.44. The van der Waals surface area contributed by atoms with Crippen molar-refractivity contribution in [2.75, 3.05) is 5.32 Å². The lowest BCUT2D eigenvalue weighted by Crippen LogP contribution is -2.58. The third kappa shape index (κ3) is 3.25. The Balaban J connectivity index is 2.24. The summed E-state index contributed by atoms with van der Waals surface area (Å²) in [6.07, 6.45) is -5.94. The topological polar surface area (TPSA) is 125 Å². The number of nitrogens with one attached hydrogen (secondary N) is 1. The molecule has 0 radical (unpaired) electrons. The summed E-state index contributed by atoms with van der Waals surface area (Å²) in [7, 11) is 0. The maximum atomic E-state index is 11.0. The van der Waals surface area contributed by atoms with E-state index in [0.29, 0.717) is 0 Å². The lowest BCUT2D eigenvalue weighted by atomic mass is 9.99. The minimum Gasteiger partial charge on any atom is -0.388 e. The molecule has 0 unspecified atom stereocenters. The van der Waals surface area contributed by atoms with Crippen LogP contribution in [0.25, 0.3) is 0 Å². The number of nitro benzene ring substituents is 1. The molecule has 0 amide bonds. The molecule has 116 valence electrons. The summed E-state index contributed by atoms with van der Waals surface area (Å²) in [4.78, 5) is 10.4. The Bertz CT molecular complexity index is 542. The molecule has 4 N–H and O–H groups in total. The summed E-state index contributed by atoms with van der Waals surface area (Å²) in [6, 6.07) is 3.98. The predicted octanol–water partition coefficient (Wildman–Crippen LogP) is 0.488. The van der Waals surface area contributed by atoms with Crippen LogP contribution >= 0.6 is 11.6 Å². The second kappa shape index (κ2) is 6.12. The Morgan fingerprint density at radius 3 is 2.57 bits per heavy atom. The molecule has 0 saturated carbocycles. The van der Waals surface area contributed by atoms with Crippen molar-refractivity contribution in [3.05, 3.63) is 33.3 Å². The molecule has 0 aliphatic carbocycles. The molecule has 5 atom stereocenters. The number of nitrogens with zero attached hydrogens (tertiary/aromatic N) is 1. The minimum atomic E-state index is -1.44. The Morgan fingerprint density at radius 2 is 1.95 bits per heavy atom. The SMILES string of the molecule is C[C@H]1O[C@@H](Nc2ccc(Cl)cc2[N+](=O)[O-])[C@@H](O)[C@@H](O)[C@H]1O. The van der Waals surface area contributed by atoms with Gasteiger partial charge in [0.15, 0.2) is 6.23 Å².